The molecule has 3 rings (SSSR count). The van der Waals surface area contributed by atoms with E-state index in [-0.39, 0.29) is 11.9 Å². The summed E-state index contributed by atoms with van der Waals surface area (Å²) in [6.45, 7) is 10.6. The van der Waals surface area contributed by atoms with E-state index in [0.717, 1.165) is 42.2 Å². The third-order valence-electron chi connectivity index (χ3n) is 5.33. The van der Waals surface area contributed by atoms with Gasteiger partial charge in [0, 0.05) is 37.4 Å². The monoisotopic (exact) mass is 375 g/mol. The Bertz CT molecular complexity index is 778. The third-order valence-corrected chi connectivity index (χ3v) is 5.33. The zero-order chi connectivity index (χ0) is 19.6. The molecule has 8 heteroatoms. The van der Waals surface area contributed by atoms with Gasteiger partial charge in [0.05, 0.1) is 29.6 Å². The van der Waals surface area contributed by atoms with E-state index in [2.05, 4.69) is 27.4 Å². The second kappa shape index (κ2) is 8.22. The molecule has 0 saturated carbocycles. The summed E-state index contributed by atoms with van der Waals surface area (Å²) in [5, 5.41) is 21.8. The summed E-state index contributed by atoms with van der Waals surface area (Å²) in [5.41, 5.74) is 3.40. The molecule has 1 fully saturated rings. The average molecular weight is 375 g/mol. The predicted molar refractivity (Wildman–Crippen MR) is 100 cm³/mol. The molecule has 27 heavy (non-hydrogen) atoms. The standard InChI is InChI=1S/C19H29N5O3/c1-5-7-24-13(3)15(9-20-24)19(26)21-17-6-8-23(11-18(17)25)10-16-12(2)22-27-14(16)4/h9,17-18,25H,5-8,10-11H2,1-4H3,(H,21,26)/t17-,18-/m1/s1. The van der Waals surface area contributed by atoms with Crippen LogP contribution in [0.5, 0.6) is 0 Å². The van der Waals surface area contributed by atoms with Gasteiger partial charge >= 0.3 is 0 Å². The summed E-state index contributed by atoms with van der Waals surface area (Å²) in [7, 11) is 0. The van der Waals surface area contributed by atoms with Crippen molar-refractivity contribution in [3.63, 3.8) is 0 Å². The summed E-state index contributed by atoms with van der Waals surface area (Å²) in [4.78, 5) is 14.8. The highest BCUT2D eigenvalue weighted by Crippen LogP contribution is 2.19. The number of aliphatic hydroxyl groups is 1. The minimum Gasteiger partial charge on any atom is -0.390 e. The van der Waals surface area contributed by atoms with E-state index in [4.69, 9.17) is 4.52 Å². The maximum Gasteiger partial charge on any atom is 0.255 e. The Morgan fingerprint density at radius 1 is 1.41 bits per heavy atom. The highest BCUT2D eigenvalue weighted by molar-refractivity contribution is 5.95. The van der Waals surface area contributed by atoms with Crippen molar-refractivity contribution >= 4 is 5.91 Å². The van der Waals surface area contributed by atoms with Gasteiger partial charge in [-0.05, 0) is 33.6 Å². The van der Waals surface area contributed by atoms with Gasteiger partial charge in [-0.2, -0.15) is 5.10 Å². The van der Waals surface area contributed by atoms with E-state index in [1.54, 1.807) is 6.20 Å². The zero-order valence-electron chi connectivity index (χ0n) is 16.5. The summed E-state index contributed by atoms with van der Waals surface area (Å²) < 4.78 is 7.06. The van der Waals surface area contributed by atoms with Crippen LogP contribution in [0, 0.1) is 20.8 Å². The largest absolute Gasteiger partial charge is 0.390 e. The molecule has 0 aliphatic carbocycles. The number of rotatable bonds is 6. The lowest BCUT2D eigenvalue weighted by Gasteiger charge is -2.36. The number of carbonyl (C=O) groups excluding carboxylic acids is 1. The van der Waals surface area contributed by atoms with E-state index >= 15 is 0 Å². The number of β-amino-alcohol motifs (C(OH)–C–C–N with tert-alkyl or cyclic N) is 1. The second-order valence-corrected chi connectivity index (χ2v) is 7.34. The van der Waals surface area contributed by atoms with Crippen molar-refractivity contribution in [3.8, 4) is 0 Å². The van der Waals surface area contributed by atoms with Crippen LogP contribution in [0.2, 0.25) is 0 Å². The normalized spacial score (nSPS) is 20.8. The number of hydrogen-bond donors (Lipinski definition) is 2. The van der Waals surface area contributed by atoms with Crippen LogP contribution >= 0.6 is 0 Å². The Hall–Kier alpha value is -2.19. The number of carbonyl (C=O) groups is 1. The smallest absolute Gasteiger partial charge is 0.255 e. The molecule has 2 atom stereocenters. The Morgan fingerprint density at radius 3 is 2.81 bits per heavy atom. The first-order valence-electron chi connectivity index (χ1n) is 9.56. The van der Waals surface area contributed by atoms with Crippen LogP contribution in [0.15, 0.2) is 10.7 Å². The number of aromatic nitrogens is 3. The average Bonchev–Trinajstić information content (AvgIpc) is 3.15. The van der Waals surface area contributed by atoms with Gasteiger partial charge in [0.25, 0.3) is 5.91 Å². The summed E-state index contributed by atoms with van der Waals surface area (Å²) >= 11 is 0. The van der Waals surface area contributed by atoms with Crippen molar-refractivity contribution in [3.05, 3.63) is 34.5 Å². The molecule has 1 aliphatic rings. The Morgan fingerprint density at radius 2 is 2.19 bits per heavy atom. The first-order chi connectivity index (χ1) is 12.9. The Labute approximate surface area is 159 Å². The van der Waals surface area contributed by atoms with Crippen LogP contribution in [0.25, 0.3) is 0 Å². The molecule has 1 saturated heterocycles. The molecule has 0 spiro atoms. The summed E-state index contributed by atoms with van der Waals surface area (Å²) in [5.74, 6) is 0.648. The molecule has 3 heterocycles. The van der Waals surface area contributed by atoms with E-state index in [0.29, 0.717) is 25.1 Å². The van der Waals surface area contributed by atoms with Gasteiger partial charge in [0.2, 0.25) is 0 Å². The highest BCUT2D eigenvalue weighted by atomic mass is 16.5. The first-order valence-corrected chi connectivity index (χ1v) is 9.56. The van der Waals surface area contributed by atoms with E-state index < -0.39 is 6.10 Å². The maximum absolute atomic E-state index is 12.6. The quantitative estimate of drug-likeness (QED) is 0.796. The molecule has 0 aromatic carbocycles. The number of amides is 1. The van der Waals surface area contributed by atoms with Crippen molar-refractivity contribution < 1.29 is 14.4 Å². The van der Waals surface area contributed by atoms with E-state index in [9.17, 15) is 9.90 Å². The van der Waals surface area contributed by atoms with Gasteiger partial charge in [0.1, 0.15) is 5.76 Å². The molecular formula is C19H29N5O3. The van der Waals surface area contributed by atoms with Gasteiger partial charge in [-0.15, -0.1) is 0 Å². The number of piperidine rings is 1. The van der Waals surface area contributed by atoms with Gasteiger partial charge in [-0.25, -0.2) is 0 Å². The highest BCUT2D eigenvalue weighted by Gasteiger charge is 2.30. The Balaban J connectivity index is 1.58. The molecule has 2 aromatic rings. The lowest BCUT2D eigenvalue weighted by molar-refractivity contribution is 0.0347. The fourth-order valence-electron chi connectivity index (χ4n) is 3.61. The molecule has 2 N–H and O–H groups in total. The van der Waals surface area contributed by atoms with Crippen LogP contribution in [-0.4, -0.2) is 56.1 Å². The van der Waals surface area contributed by atoms with Gasteiger partial charge in [0.15, 0.2) is 0 Å². The third kappa shape index (κ3) is 4.22. The molecule has 0 bridgehead atoms. The van der Waals surface area contributed by atoms with Crippen LogP contribution < -0.4 is 5.32 Å². The molecule has 0 unspecified atom stereocenters. The molecule has 148 valence electrons. The van der Waals surface area contributed by atoms with Crippen molar-refractivity contribution in [1.82, 2.24) is 25.2 Å². The summed E-state index contributed by atoms with van der Waals surface area (Å²) in [6.07, 6.45) is 2.65. The topological polar surface area (TPSA) is 96.4 Å². The zero-order valence-corrected chi connectivity index (χ0v) is 16.5. The summed E-state index contributed by atoms with van der Waals surface area (Å²) in [6, 6.07) is -0.257. The van der Waals surface area contributed by atoms with Gasteiger partial charge in [-0.3, -0.25) is 14.4 Å². The fourth-order valence-corrected chi connectivity index (χ4v) is 3.61. The number of nitrogens with one attached hydrogen (secondary N) is 1. The van der Waals surface area contributed by atoms with E-state index in [1.807, 2.05) is 25.5 Å². The molecule has 2 aromatic heterocycles. The second-order valence-electron chi connectivity index (χ2n) is 7.34. The number of aliphatic hydroxyl groups excluding tert-OH is 1. The maximum atomic E-state index is 12.6. The minimum absolute atomic E-state index is 0.168. The molecule has 0 radical (unpaired) electrons. The lowest BCUT2D eigenvalue weighted by Crippen LogP contribution is -2.53. The Kier molecular flexibility index (Phi) is 5.96. The first kappa shape index (κ1) is 19.6. The van der Waals surface area contributed by atoms with Gasteiger partial charge < -0.3 is 14.9 Å². The van der Waals surface area contributed by atoms with Crippen molar-refractivity contribution in [2.45, 2.75) is 65.8 Å². The van der Waals surface area contributed by atoms with Crippen LogP contribution in [0.1, 0.15) is 52.8 Å². The van der Waals surface area contributed by atoms with Crippen molar-refractivity contribution in [2.24, 2.45) is 0 Å². The molecule has 1 aliphatic heterocycles. The fraction of sp³-hybridized carbons (Fsp3) is 0.632. The predicted octanol–water partition coefficient (Wildman–Crippen LogP) is 1.57. The number of nitrogens with zero attached hydrogens (tertiary/aromatic N) is 4. The number of likely N-dealkylation sites (tertiary alicyclic amines) is 1. The SMILES string of the molecule is CCCn1ncc(C(=O)N[C@@H]2CCN(Cc3c(C)noc3C)C[C@H]2O)c1C. The molecular weight excluding hydrogens is 346 g/mol. The van der Waals surface area contributed by atoms with Crippen LogP contribution in [0.4, 0.5) is 0 Å². The van der Waals surface area contributed by atoms with Crippen LogP contribution in [0.3, 0.4) is 0 Å². The lowest BCUT2D eigenvalue weighted by atomic mass is 10.0. The van der Waals surface area contributed by atoms with Crippen LogP contribution in [-0.2, 0) is 13.1 Å². The molecule has 8 nitrogen and oxygen atoms in total. The van der Waals surface area contributed by atoms with E-state index in [1.165, 1.54) is 0 Å². The van der Waals surface area contributed by atoms with Crippen molar-refractivity contribution in [2.75, 3.05) is 13.1 Å². The minimum atomic E-state index is -0.617. The molecule has 1 amide bonds. The van der Waals surface area contributed by atoms with Gasteiger partial charge in [-0.1, -0.05) is 12.1 Å². The number of hydrogen-bond acceptors (Lipinski definition) is 6. The van der Waals surface area contributed by atoms with Crippen molar-refractivity contribution in [1.29, 1.82) is 0 Å². The number of aryl methyl sites for hydroxylation is 3.